The van der Waals surface area contributed by atoms with Crippen LogP contribution in [0.25, 0.3) is 0 Å². The summed E-state index contributed by atoms with van der Waals surface area (Å²) in [5, 5.41) is 0. The van der Waals surface area contributed by atoms with Crippen LogP contribution in [0.15, 0.2) is 24.3 Å². The Labute approximate surface area is 158 Å². The molecule has 6 nitrogen and oxygen atoms in total. The van der Waals surface area contributed by atoms with Crippen LogP contribution in [0.5, 0.6) is 0 Å². The molecule has 2 amide bonds. The van der Waals surface area contributed by atoms with Gasteiger partial charge in [-0.2, -0.15) is 0 Å². The van der Waals surface area contributed by atoms with Crippen LogP contribution in [0.2, 0.25) is 0 Å². The van der Waals surface area contributed by atoms with Crippen molar-refractivity contribution >= 4 is 17.8 Å². The average Bonchev–Trinajstić information content (AvgIpc) is 3.22. The molecule has 2 aliphatic rings. The molecule has 2 aliphatic heterocycles. The minimum absolute atomic E-state index is 0.157. The number of hydrogen-bond donors (Lipinski definition) is 0. The number of piperidine rings is 1. The van der Waals surface area contributed by atoms with E-state index in [1.54, 1.807) is 16.7 Å². The van der Waals surface area contributed by atoms with E-state index >= 15 is 0 Å². The van der Waals surface area contributed by atoms with Crippen LogP contribution in [0.4, 0.5) is 4.39 Å². The largest absolute Gasteiger partial charge is 0.452 e. The topological polar surface area (TPSA) is 66.9 Å². The summed E-state index contributed by atoms with van der Waals surface area (Å²) < 4.78 is 18.4. The molecule has 146 valence electrons. The van der Waals surface area contributed by atoms with Gasteiger partial charge in [-0.25, -0.2) is 4.39 Å². The van der Waals surface area contributed by atoms with Crippen LogP contribution in [0, 0.1) is 11.7 Å². The fraction of sp³-hybridized carbons (Fsp3) is 0.550. The van der Waals surface area contributed by atoms with E-state index in [0.29, 0.717) is 38.0 Å². The summed E-state index contributed by atoms with van der Waals surface area (Å²) in [6, 6.07) is 5.37. The van der Waals surface area contributed by atoms with Crippen molar-refractivity contribution in [3.8, 4) is 0 Å². The predicted octanol–water partition coefficient (Wildman–Crippen LogP) is 2.23. The molecular weight excluding hydrogens is 351 g/mol. The lowest BCUT2D eigenvalue weighted by Gasteiger charge is -2.32. The van der Waals surface area contributed by atoms with E-state index in [1.807, 2.05) is 0 Å². The van der Waals surface area contributed by atoms with Gasteiger partial charge in [0.15, 0.2) is 6.10 Å². The van der Waals surface area contributed by atoms with Crippen molar-refractivity contribution in [2.45, 2.75) is 38.7 Å². The fourth-order valence-corrected chi connectivity index (χ4v) is 3.64. The zero-order valence-corrected chi connectivity index (χ0v) is 15.5. The lowest BCUT2D eigenvalue weighted by atomic mass is 9.97. The Hall–Kier alpha value is -2.44. The monoisotopic (exact) mass is 376 g/mol. The predicted molar refractivity (Wildman–Crippen MR) is 96.4 cm³/mol. The van der Waals surface area contributed by atoms with Crippen molar-refractivity contribution in [2.24, 2.45) is 5.92 Å². The first-order chi connectivity index (χ1) is 13.0. The van der Waals surface area contributed by atoms with E-state index in [1.165, 1.54) is 24.3 Å². The van der Waals surface area contributed by atoms with Gasteiger partial charge < -0.3 is 14.5 Å². The lowest BCUT2D eigenvalue weighted by Crippen LogP contribution is -2.44. The molecule has 2 unspecified atom stereocenters. The first-order valence-corrected chi connectivity index (χ1v) is 9.50. The maximum atomic E-state index is 13.0. The maximum absolute atomic E-state index is 13.0. The van der Waals surface area contributed by atoms with Gasteiger partial charge in [0.05, 0.1) is 5.92 Å². The number of benzene rings is 1. The Bertz CT molecular complexity index is 700. The highest BCUT2D eigenvalue weighted by atomic mass is 19.1. The minimum atomic E-state index is -0.807. The molecule has 2 heterocycles. The quantitative estimate of drug-likeness (QED) is 0.756. The molecule has 0 aliphatic carbocycles. The number of ether oxygens (including phenoxy) is 1. The second-order valence-electron chi connectivity index (χ2n) is 7.21. The van der Waals surface area contributed by atoms with Crippen LogP contribution in [0.3, 0.4) is 0 Å². The van der Waals surface area contributed by atoms with Gasteiger partial charge in [-0.3, -0.25) is 14.4 Å². The highest BCUT2D eigenvalue weighted by Crippen LogP contribution is 2.21. The molecule has 2 fully saturated rings. The normalized spacial score (nSPS) is 21.0. The molecule has 27 heavy (non-hydrogen) atoms. The third-order valence-electron chi connectivity index (χ3n) is 5.19. The van der Waals surface area contributed by atoms with Crippen molar-refractivity contribution in [1.82, 2.24) is 9.80 Å². The van der Waals surface area contributed by atoms with E-state index < -0.39 is 23.8 Å². The van der Waals surface area contributed by atoms with Crippen LogP contribution in [0.1, 0.15) is 43.0 Å². The van der Waals surface area contributed by atoms with Gasteiger partial charge in [0.25, 0.3) is 11.8 Å². The summed E-state index contributed by atoms with van der Waals surface area (Å²) in [5.74, 6) is -1.67. The Kier molecular flexibility index (Phi) is 6.08. The summed E-state index contributed by atoms with van der Waals surface area (Å²) in [4.78, 5) is 40.7. The number of halogens is 1. The van der Waals surface area contributed by atoms with Gasteiger partial charge in [0.2, 0.25) is 0 Å². The number of rotatable bonds is 4. The first kappa shape index (κ1) is 19.3. The number of esters is 1. The van der Waals surface area contributed by atoms with Crippen molar-refractivity contribution in [3.63, 3.8) is 0 Å². The number of carbonyl (C=O) groups excluding carboxylic acids is 3. The number of likely N-dealkylation sites (tertiary alicyclic amines) is 2. The SMILES string of the molecule is CC(OC(=O)C1CCCN(C(=O)c2ccc(F)cc2)C1)C(=O)N1CCCC1. The van der Waals surface area contributed by atoms with Gasteiger partial charge in [-0.1, -0.05) is 0 Å². The highest BCUT2D eigenvalue weighted by Gasteiger charge is 2.33. The minimum Gasteiger partial charge on any atom is -0.452 e. The van der Waals surface area contributed by atoms with E-state index in [2.05, 4.69) is 0 Å². The zero-order valence-electron chi connectivity index (χ0n) is 15.5. The molecule has 1 aromatic carbocycles. The Morgan fingerprint density at radius 1 is 1.04 bits per heavy atom. The smallest absolute Gasteiger partial charge is 0.311 e. The maximum Gasteiger partial charge on any atom is 0.311 e. The molecular formula is C20H25FN2O4. The van der Waals surface area contributed by atoms with Crippen molar-refractivity contribution < 1.29 is 23.5 Å². The van der Waals surface area contributed by atoms with Gasteiger partial charge in [0, 0.05) is 31.7 Å². The van der Waals surface area contributed by atoms with E-state index in [0.717, 1.165) is 12.8 Å². The summed E-state index contributed by atoms with van der Waals surface area (Å²) >= 11 is 0. The number of hydrogen-bond acceptors (Lipinski definition) is 4. The van der Waals surface area contributed by atoms with Crippen LogP contribution in [-0.4, -0.2) is 59.9 Å². The van der Waals surface area contributed by atoms with Gasteiger partial charge in [0.1, 0.15) is 5.82 Å². The lowest BCUT2D eigenvalue weighted by molar-refractivity contribution is -0.163. The van der Waals surface area contributed by atoms with E-state index in [9.17, 15) is 18.8 Å². The summed E-state index contributed by atoms with van der Waals surface area (Å²) in [7, 11) is 0. The average molecular weight is 376 g/mol. The van der Waals surface area contributed by atoms with Crippen molar-refractivity contribution in [1.29, 1.82) is 0 Å². The van der Waals surface area contributed by atoms with Crippen LogP contribution < -0.4 is 0 Å². The molecule has 2 atom stereocenters. The van der Waals surface area contributed by atoms with Gasteiger partial charge >= 0.3 is 5.97 Å². The van der Waals surface area contributed by atoms with Crippen molar-refractivity contribution in [3.05, 3.63) is 35.6 Å². The standard InChI is InChI=1S/C20H25FN2O4/c1-14(18(24)22-10-2-3-11-22)27-20(26)16-5-4-12-23(13-16)19(25)15-6-8-17(21)9-7-15/h6-9,14,16H,2-5,10-13H2,1H3. The third kappa shape index (κ3) is 4.64. The highest BCUT2D eigenvalue weighted by molar-refractivity contribution is 5.94. The van der Waals surface area contributed by atoms with Crippen molar-refractivity contribution in [2.75, 3.05) is 26.2 Å². The molecule has 0 saturated carbocycles. The third-order valence-corrected chi connectivity index (χ3v) is 5.19. The molecule has 1 aromatic rings. The van der Waals surface area contributed by atoms with Crippen LogP contribution in [-0.2, 0) is 14.3 Å². The number of nitrogens with zero attached hydrogens (tertiary/aromatic N) is 2. The molecule has 0 aromatic heterocycles. The molecule has 0 N–H and O–H groups in total. The number of amides is 2. The first-order valence-electron chi connectivity index (χ1n) is 9.50. The molecule has 2 saturated heterocycles. The molecule has 0 radical (unpaired) electrons. The molecule has 3 rings (SSSR count). The fourth-order valence-electron chi connectivity index (χ4n) is 3.64. The van der Waals surface area contributed by atoms with Crippen LogP contribution >= 0.6 is 0 Å². The summed E-state index contributed by atoms with van der Waals surface area (Å²) in [5.41, 5.74) is 0.392. The summed E-state index contributed by atoms with van der Waals surface area (Å²) in [6.07, 6.45) is 2.46. The van der Waals surface area contributed by atoms with Gasteiger partial charge in [-0.15, -0.1) is 0 Å². The van der Waals surface area contributed by atoms with Gasteiger partial charge in [-0.05, 0) is 56.9 Å². The second-order valence-corrected chi connectivity index (χ2v) is 7.21. The zero-order chi connectivity index (χ0) is 19.4. The van der Waals surface area contributed by atoms with E-state index in [4.69, 9.17) is 4.74 Å². The second kappa shape index (κ2) is 8.50. The number of carbonyl (C=O) groups is 3. The molecule has 0 bridgehead atoms. The van der Waals surface area contributed by atoms with E-state index in [-0.39, 0.29) is 18.4 Å². The molecule has 0 spiro atoms. The Balaban J connectivity index is 1.56. The Morgan fingerprint density at radius 3 is 2.33 bits per heavy atom. The summed E-state index contributed by atoms with van der Waals surface area (Å²) in [6.45, 7) is 3.82. The Morgan fingerprint density at radius 2 is 1.67 bits per heavy atom. The molecule has 7 heteroatoms.